The van der Waals surface area contributed by atoms with Crippen molar-refractivity contribution in [3.8, 4) is 11.5 Å². The molecule has 0 aliphatic carbocycles. The first kappa shape index (κ1) is 25.7. The number of para-hydroxylation sites is 1. The zero-order chi connectivity index (χ0) is 26.3. The second kappa shape index (κ2) is 10.1. The maximum Gasteiger partial charge on any atom is 0.256 e. The highest BCUT2D eigenvalue weighted by atomic mass is 79.9. The molecule has 1 saturated heterocycles. The molecular formula is C27H25Br2N3O5. The van der Waals surface area contributed by atoms with Crippen LogP contribution in [0.2, 0.25) is 0 Å². The van der Waals surface area contributed by atoms with Gasteiger partial charge in [0.1, 0.15) is 6.61 Å². The van der Waals surface area contributed by atoms with Crippen LogP contribution in [0.1, 0.15) is 36.5 Å². The number of nitrogens with one attached hydrogen (secondary N) is 2. The first-order valence-corrected chi connectivity index (χ1v) is 13.5. The zero-order valence-electron chi connectivity index (χ0n) is 20.2. The maximum atomic E-state index is 13.3. The summed E-state index contributed by atoms with van der Waals surface area (Å²) in [5.74, 6) is -0.0230. The van der Waals surface area contributed by atoms with E-state index in [4.69, 9.17) is 9.47 Å². The standard InChI is InChI=1S/C27H25Br2N3O5/c1-3-36-22-13-17(12-20(29)24(22)37-14-16-8-10-18(28)11-9-16)23-15(2)31-27(25(23)32(34)35)19-6-4-5-7-21(19)30-26(27)33/h4-13,15,23,25,31H,3,14H2,1-2H3,(H,30,33)/t15-,23-,25-,27+/m0/s1. The predicted molar refractivity (Wildman–Crippen MR) is 147 cm³/mol. The lowest BCUT2D eigenvalue weighted by Gasteiger charge is -2.26. The van der Waals surface area contributed by atoms with Crippen molar-refractivity contribution in [3.63, 3.8) is 0 Å². The molecule has 0 unspecified atom stereocenters. The number of carbonyl (C=O) groups is 1. The van der Waals surface area contributed by atoms with E-state index in [0.717, 1.165) is 10.0 Å². The summed E-state index contributed by atoms with van der Waals surface area (Å²) >= 11 is 7.04. The van der Waals surface area contributed by atoms with E-state index in [-0.39, 0.29) is 11.0 Å². The molecule has 0 aromatic heterocycles. The molecule has 10 heteroatoms. The average Bonchev–Trinajstić information content (AvgIpc) is 3.33. The summed E-state index contributed by atoms with van der Waals surface area (Å²) in [7, 11) is 0. The summed E-state index contributed by atoms with van der Waals surface area (Å²) in [5, 5.41) is 18.7. The number of fused-ring (bicyclic) bond motifs is 2. The summed E-state index contributed by atoms with van der Waals surface area (Å²) in [6, 6.07) is 17.0. The summed E-state index contributed by atoms with van der Waals surface area (Å²) in [6.45, 7) is 4.45. The molecular weight excluding hydrogens is 606 g/mol. The second-order valence-corrected chi connectivity index (χ2v) is 10.9. The fourth-order valence-corrected chi connectivity index (χ4v) is 6.31. The topological polar surface area (TPSA) is 103 Å². The lowest BCUT2D eigenvalue weighted by molar-refractivity contribution is -0.532. The fraction of sp³-hybridized carbons (Fsp3) is 0.296. The molecule has 3 aromatic carbocycles. The van der Waals surface area contributed by atoms with Gasteiger partial charge in [-0.25, -0.2) is 0 Å². The number of nitrogens with zero attached hydrogens (tertiary/aromatic N) is 1. The molecule has 1 fully saturated rings. The Balaban J connectivity index is 1.54. The van der Waals surface area contributed by atoms with Gasteiger partial charge in [-0.05, 0) is 71.2 Å². The Morgan fingerprint density at radius 1 is 1.08 bits per heavy atom. The van der Waals surface area contributed by atoms with Gasteiger partial charge in [-0.2, -0.15) is 0 Å². The highest BCUT2D eigenvalue weighted by Crippen LogP contribution is 2.51. The predicted octanol–water partition coefficient (Wildman–Crippen LogP) is 5.76. The van der Waals surface area contributed by atoms with Gasteiger partial charge in [0.05, 0.1) is 17.0 Å². The third kappa shape index (κ3) is 4.41. The van der Waals surface area contributed by atoms with Crippen LogP contribution in [0.5, 0.6) is 11.5 Å². The Morgan fingerprint density at radius 3 is 2.51 bits per heavy atom. The van der Waals surface area contributed by atoms with Crippen molar-refractivity contribution in [2.45, 2.75) is 44.0 Å². The number of rotatable bonds is 7. The van der Waals surface area contributed by atoms with E-state index >= 15 is 0 Å². The Hall–Kier alpha value is -2.95. The van der Waals surface area contributed by atoms with Gasteiger partial charge in [-0.1, -0.05) is 46.3 Å². The number of nitro groups is 1. The Bertz CT molecular complexity index is 1370. The molecule has 3 aromatic rings. The van der Waals surface area contributed by atoms with Gasteiger partial charge in [0.25, 0.3) is 11.9 Å². The Morgan fingerprint density at radius 2 is 1.81 bits per heavy atom. The van der Waals surface area contributed by atoms with Crippen LogP contribution in [0.3, 0.4) is 0 Å². The number of benzene rings is 3. The Labute approximate surface area is 231 Å². The van der Waals surface area contributed by atoms with E-state index in [0.29, 0.717) is 46.0 Å². The first-order valence-electron chi connectivity index (χ1n) is 11.9. The van der Waals surface area contributed by atoms with E-state index in [1.54, 1.807) is 30.3 Å². The molecule has 0 bridgehead atoms. The zero-order valence-corrected chi connectivity index (χ0v) is 23.3. The van der Waals surface area contributed by atoms with Crippen molar-refractivity contribution in [1.82, 2.24) is 5.32 Å². The Kier molecular flexibility index (Phi) is 6.99. The van der Waals surface area contributed by atoms with Crippen LogP contribution < -0.4 is 20.1 Å². The molecule has 2 aliphatic heterocycles. The minimum absolute atomic E-state index is 0.324. The van der Waals surface area contributed by atoms with Gasteiger partial charge in [-0.15, -0.1) is 0 Å². The maximum absolute atomic E-state index is 13.3. The molecule has 2 aliphatic rings. The molecule has 5 rings (SSSR count). The smallest absolute Gasteiger partial charge is 0.256 e. The first-order chi connectivity index (χ1) is 17.8. The van der Waals surface area contributed by atoms with Crippen molar-refractivity contribution in [3.05, 3.63) is 96.4 Å². The van der Waals surface area contributed by atoms with Gasteiger partial charge in [0.15, 0.2) is 17.0 Å². The molecule has 2 N–H and O–H groups in total. The largest absolute Gasteiger partial charge is 0.490 e. The van der Waals surface area contributed by atoms with Crippen molar-refractivity contribution < 1.29 is 19.2 Å². The van der Waals surface area contributed by atoms with Gasteiger partial charge in [0.2, 0.25) is 0 Å². The normalized spacial score (nSPS) is 24.1. The third-order valence-electron chi connectivity index (χ3n) is 6.98. The third-order valence-corrected chi connectivity index (χ3v) is 8.09. The number of halogens is 2. The summed E-state index contributed by atoms with van der Waals surface area (Å²) < 4.78 is 13.6. The molecule has 8 nitrogen and oxygen atoms in total. The molecule has 1 spiro atoms. The molecule has 0 radical (unpaired) electrons. The minimum Gasteiger partial charge on any atom is -0.490 e. The van der Waals surface area contributed by atoms with Gasteiger partial charge in [0, 0.05) is 26.7 Å². The fourth-order valence-electron chi connectivity index (χ4n) is 5.47. The summed E-state index contributed by atoms with van der Waals surface area (Å²) in [6.07, 6.45) is 0. The molecule has 37 heavy (non-hydrogen) atoms. The monoisotopic (exact) mass is 629 g/mol. The highest BCUT2D eigenvalue weighted by Gasteiger charge is 2.67. The van der Waals surface area contributed by atoms with Gasteiger partial charge >= 0.3 is 0 Å². The number of carbonyl (C=O) groups excluding carboxylic acids is 1. The van der Waals surface area contributed by atoms with E-state index in [1.165, 1.54) is 0 Å². The van der Waals surface area contributed by atoms with Gasteiger partial charge < -0.3 is 14.8 Å². The molecule has 192 valence electrons. The van der Waals surface area contributed by atoms with Crippen LogP contribution in [-0.2, 0) is 16.9 Å². The summed E-state index contributed by atoms with van der Waals surface area (Å²) in [4.78, 5) is 25.6. The van der Waals surface area contributed by atoms with Crippen LogP contribution in [-0.4, -0.2) is 29.5 Å². The van der Waals surface area contributed by atoms with E-state index < -0.39 is 23.4 Å². The number of hydrogen-bond acceptors (Lipinski definition) is 6. The van der Waals surface area contributed by atoms with Crippen molar-refractivity contribution in [1.29, 1.82) is 0 Å². The van der Waals surface area contributed by atoms with Gasteiger partial charge in [-0.3, -0.25) is 20.2 Å². The highest BCUT2D eigenvalue weighted by molar-refractivity contribution is 9.10. The van der Waals surface area contributed by atoms with Crippen LogP contribution in [0.15, 0.2) is 69.6 Å². The van der Waals surface area contributed by atoms with E-state index in [2.05, 4.69) is 42.5 Å². The van der Waals surface area contributed by atoms with Crippen LogP contribution >= 0.6 is 31.9 Å². The van der Waals surface area contributed by atoms with Crippen molar-refractivity contribution in [2.75, 3.05) is 11.9 Å². The summed E-state index contributed by atoms with van der Waals surface area (Å²) in [5.41, 5.74) is 1.37. The molecule has 0 saturated carbocycles. The van der Waals surface area contributed by atoms with Crippen molar-refractivity contribution >= 4 is 43.5 Å². The number of hydrogen-bond donors (Lipinski definition) is 2. The van der Waals surface area contributed by atoms with Crippen molar-refractivity contribution in [2.24, 2.45) is 0 Å². The lowest BCUT2D eigenvalue weighted by Crippen LogP contribution is -2.54. The lowest BCUT2D eigenvalue weighted by atomic mass is 9.78. The average molecular weight is 631 g/mol. The number of ether oxygens (including phenoxy) is 2. The minimum atomic E-state index is -1.47. The van der Waals surface area contributed by atoms with Crippen LogP contribution in [0.25, 0.3) is 0 Å². The quantitative estimate of drug-likeness (QED) is 0.254. The SMILES string of the molecule is CCOc1cc([C@@H]2[C@H](C)N[C@@]3(C(=O)Nc4ccccc43)[C@H]2[N+](=O)[O-])cc(Br)c1OCc1ccc(Br)cc1. The van der Waals surface area contributed by atoms with E-state index in [1.807, 2.05) is 44.2 Å². The molecule has 1 amide bonds. The van der Waals surface area contributed by atoms with Crippen LogP contribution in [0, 0.1) is 10.1 Å². The molecule has 4 atom stereocenters. The second-order valence-electron chi connectivity index (χ2n) is 9.17. The number of anilines is 1. The number of amides is 1. The van der Waals surface area contributed by atoms with E-state index in [9.17, 15) is 14.9 Å². The van der Waals surface area contributed by atoms with Crippen LogP contribution in [0.4, 0.5) is 5.69 Å². The molecule has 2 heterocycles.